The van der Waals surface area contributed by atoms with Crippen molar-refractivity contribution in [2.75, 3.05) is 32.6 Å². The van der Waals surface area contributed by atoms with Gasteiger partial charge in [-0.2, -0.15) is 0 Å². The number of hydrogen-bond acceptors (Lipinski definition) is 7. The molecule has 2 unspecified atom stereocenters. The zero-order chi connectivity index (χ0) is 23.9. The Hall–Kier alpha value is -3.43. The minimum Gasteiger partial charge on any atom is -0.495 e. The van der Waals surface area contributed by atoms with E-state index < -0.39 is 0 Å². The Morgan fingerprint density at radius 1 is 1.06 bits per heavy atom. The van der Waals surface area contributed by atoms with Crippen LogP contribution in [0.15, 0.2) is 55.0 Å². The predicted octanol–water partition coefficient (Wildman–Crippen LogP) is 3.72. The van der Waals surface area contributed by atoms with Crippen LogP contribution >= 0.6 is 11.6 Å². The summed E-state index contributed by atoms with van der Waals surface area (Å²) in [6.45, 7) is 2.22. The summed E-state index contributed by atoms with van der Waals surface area (Å²) >= 11 is 5.94. The highest BCUT2D eigenvalue weighted by Crippen LogP contribution is 2.28. The molecule has 9 nitrogen and oxygen atoms in total. The second-order valence-corrected chi connectivity index (χ2v) is 8.48. The third-order valence-electron chi connectivity index (χ3n) is 5.76. The molecular weight excluding hydrogens is 456 g/mol. The number of nitrogens with zero attached hydrogens (tertiary/aromatic N) is 4. The third-order valence-corrected chi connectivity index (χ3v) is 6.01. The molecule has 0 aliphatic carbocycles. The topological polar surface area (TPSA) is 102 Å². The van der Waals surface area contributed by atoms with E-state index in [1.807, 2.05) is 12.1 Å². The third kappa shape index (κ3) is 6.12. The van der Waals surface area contributed by atoms with Crippen LogP contribution in [-0.4, -0.2) is 59.2 Å². The fraction of sp³-hybridized carbons (Fsp3) is 0.333. The van der Waals surface area contributed by atoms with Gasteiger partial charge in [0.2, 0.25) is 0 Å². The van der Waals surface area contributed by atoms with E-state index in [2.05, 4.69) is 30.5 Å². The molecule has 0 bridgehead atoms. The maximum absolute atomic E-state index is 12.7. The number of piperidine rings is 1. The number of rotatable bonds is 7. The molecule has 2 atom stereocenters. The second kappa shape index (κ2) is 11.1. The van der Waals surface area contributed by atoms with Crippen LogP contribution in [0.5, 0.6) is 11.8 Å². The summed E-state index contributed by atoms with van der Waals surface area (Å²) in [4.78, 5) is 28.1. The van der Waals surface area contributed by atoms with E-state index in [1.165, 1.54) is 0 Å². The van der Waals surface area contributed by atoms with E-state index in [0.29, 0.717) is 29.0 Å². The van der Waals surface area contributed by atoms with E-state index in [0.717, 1.165) is 30.8 Å². The van der Waals surface area contributed by atoms with Crippen LogP contribution in [-0.2, 0) is 6.54 Å². The number of amides is 2. The van der Waals surface area contributed by atoms with Crippen LogP contribution in [0.3, 0.4) is 0 Å². The standard InChI is InChI=1S/C24H27ClN6O3/c1-33-19-7-8-21(26-13-19)20-15-31(14-16-11-27-24(34-2)28-12-16)10-9-22(20)30-23(32)29-18-5-3-17(25)4-6-18/h3-8,11-13,20,22H,9-10,14-15H2,1-2H3,(H2,29,30,32). The maximum atomic E-state index is 12.7. The van der Waals surface area contributed by atoms with Gasteiger partial charge in [-0.25, -0.2) is 14.8 Å². The molecule has 34 heavy (non-hydrogen) atoms. The molecule has 10 heteroatoms. The van der Waals surface area contributed by atoms with Crippen LogP contribution in [0, 0.1) is 0 Å². The number of halogens is 1. The summed E-state index contributed by atoms with van der Waals surface area (Å²) in [5.74, 6) is 0.687. The molecule has 4 rings (SSSR count). The Balaban J connectivity index is 1.46. The predicted molar refractivity (Wildman–Crippen MR) is 129 cm³/mol. The van der Waals surface area contributed by atoms with Crippen molar-refractivity contribution in [1.82, 2.24) is 25.2 Å². The zero-order valence-electron chi connectivity index (χ0n) is 19.1. The van der Waals surface area contributed by atoms with Crippen molar-refractivity contribution in [2.24, 2.45) is 0 Å². The van der Waals surface area contributed by atoms with Crippen molar-refractivity contribution in [3.8, 4) is 11.8 Å². The van der Waals surface area contributed by atoms with Crippen molar-refractivity contribution < 1.29 is 14.3 Å². The minimum atomic E-state index is -0.261. The number of carbonyl (C=O) groups is 1. The van der Waals surface area contributed by atoms with Gasteiger partial charge in [0.1, 0.15) is 5.75 Å². The van der Waals surface area contributed by atoms with E-state index in [-0.39, 0.29) is 18.0 Å². The molecule has 2 aromatic heterocycles. The van der Waals surface area contributed by atoms with Gasteiger partial charge in [-0.1, -0.05) is 11.6 Å². The SMILES string of the molecule is COc1ccc(C2CN(Cc3cnc(OC)nc3)CCC2NC(=O)Nc2ccc(Cl)cc2)nc1. The number of benzene rings is 1. The Bertz CT molecular complexity index is 1080. The van der Waals surface area contributed by atoms with Gasteiger partial charge in [0.25, 0.3) is 0 Å². The molecular formula is C24H27ClN6O3. The first-order valence-corrected chi connectivity index (χ1v) is 11.3. The molecule has 0 saturated carbocycles. The lowest BCUT2D eigenvalue weighted by atomic mass is 9.88. The van der Waals surface area contributed by atoms with Gasteiger partial charge in [-0.15, -0.1) is 0 Å². The Labute approximate surface area is 203 Å². The molecule has 0 spiro atoms. The first-order valence-electron chi connectivity index (χ1n) is 10.9. The van der Waals surface area contributed by atoms with Crippen LogP contribution in [0.25, 0.3) is 0 Å². The number of aromatic nitrogens is 3. The maximum Gasteiger partial charge on any atom is 0.319 e. The summed E-state index contributed by atoms with van der Waals surface area (Å²) in [5.41, 5.74) is 2.57. The highest BCUT2D eigenvalue weighted by molar-refractivity contribution is 6.30. The van der Waals surface area contributed by atoms with Gasteiger partial charge in [0, 0.05) is 66.0 Å². The number of hydrogen-bond donors (Lipinski definition) is 2. The van der Waals surface area contributed by atoms with Gasteiger partial charge in [-0.3, -0.25) is 9.88 Å². The number of carbonyl (C=O) groups excluding carboxylic acids is 1. The number of likely N-dealkylation sites (tertiary alicyclic amines) is 1. The highest BCUT2D eigenvalue weighted by atomic mass is 35.5. The number of ether oxygens (including phenoxy) is 2. The average molecular weight is 483 g/mol. The molecule has 1 aliphatic heterocycles. The summed E-state index contributed by atoms with van der Waals surface area (Å²) in [5, 5.41) is 6.63. The first kappa shape index (κ1) is 23.7. The van der Waals surface area contributed by atoms with Gasteiger partial charge in [0.15, 0.2) is 0 Å². The van der Waals surface area contributed by atoms with Gasteiger partial charge < -0.3 is 20.1 Å². The summed E-state index contributed by atoms with van der Waals surface area (Å²) in [6.07, 6.45) is 6.02. The van der Waals surface area contributed by atoms with E-state index in [9.17, 15) is 4.79 Å². The first-order chi connectivity index (χ1) is 16.5. The second-order valence-electron chi connectivity index (χ2n) is 8.04. The van der Waals surface area contributed by atoms with Crippen molar-refractivity contribution in [3.63, 3.8) is 0 Å². The Morgan fingerprint density at radius 2 is 1.82 bits per heavy atom. The van der Waals surface area contributed by atoms with Crippen molar-refractivity contribution in [2.45, 2.75) is 24.9 Å². The van der Waals surface area contributed by atoms with Crippen LogP contribution in [0.4, 0.5) is 10.5 Å². The minimum absolute atomic E-state index is 0.00482. The lowest BCUT2D eigenvalue weighted by molar-refractivity contribution is 0.166. The molecule has 1 aromatic carbocycles. The number of anilines is 1. The van der Waals surface area contributed by atoms with Crippen molar-refractivity contribution in [1.29, 1.82) is 0 Å². The number of pyridine rings is 1. The lowest BCUT2D eigenvalue weighted by Gasteiger charge is -2.38. The monoisotopic (exact) mass is 482 g/mol. The molecule has 1 fully saturated rings. The largest absolute Gasteiger partial charge is 0.495 e. The van der Waals surface area contributed by atoms with Crippen molar-refractivity contribution >= 4 is 23.3 Å². The van der Waals surface area contributed by atoms with Gasteiger partial charge >= 0.3 is 12.0 Å². The quantitative estimate of drug-likeness (QED) is 0.529. The van der Waals surface area contributed by atoms with E-state index in [1.54, 1.807) is 57.1 Å². The van der Waals surface area contributed by atoms with Crippen LogP contribution < -0.4 is 20.1 Å². The number of methoxy groups -OCH3 is 2. The highest BCUT2D eigenvalue weighted by Gasteiger charge is 2.32. The molecule has 2 N–H and O–H groups in total. The van der Waals surface area contributed by atoms with Gasteiger partial charge in [0.05, 0.1) is 20.4 Å². The molecule has 0 radical (unpaired) electrons. The molecule has 1 aliphatic rings. The summed E-state index contributed by atoms with van der Waals surface area (Å²) in [6, 6.07) is 10.9. The van der Waals surface area contributed by atoms with Crippen LogP contribution in [0.1, 0.15) is 23.6 Å². The van der Waals surface area contributed by atoms with Crippen LogP contribution in [0.2, 0.25) is 5.02 Å². The molecule has 178 valence electrons. The fourth-order valence-electron chi connectivity index (χ4n) is 4.02. The summed E-state index contributed by atoms with van der Waals surface area (Å²) < 4.78 is 10.3. The lowest BCUT2D eigenvalue weighted by Crippen LogP contribution is -2.50. The molecule has 3 aromatic rings. The van der Waals surface area contributed by atoms with Crippen molar-refractivity contribution in [3.05, 3.63) is 71.3 Å². The van der Waals surface area contributed by atoms with E-state index in [4.69, 9.17) is 21.1 Å². The Morgan fingerprint density at radius 3 is 2.47 bits per heavy atom. The zero-order valence-corrected chi connectivity index (χ0v) is 19.8. The number of urea groups is 1. The molecule has 3 heterocycles. The Kier molecular flexibility index (Phi) is 7.76. The average Bonchev–Trinajstić information content (AvgIpc) is 2.87. The molecule has 1 saturated heterocycles. The van der Waals surface area contributed by atoms with Gasteiger partial charge in [-0.05, 0) is 42.8 Å². The number of nitrogens with one attached hydrogen (secondary N) is 2. The van der Waals surface area contributed by atoms with E-state index >= 15 is 0 Å². The fourth-order valence-corrected chi connectivity index (χ4v) is 4.15. The smallest absolute Gasteiger partial charge is 0.319 e. The molecule has 2 amide bonds. The normalized spacial score (nSPS) is 18.2. The summed E-state index contributed by atoms with van der Waals surface area (Å²) in [7, 11) is 3.16.